The van der Waals surface area contributed by atoms with Crippen LogP contribution in [0.25, 0.3) is 33.0 Å². The second-order valence-corrected chi connectivity index (χ2v) is 8.38. The van der Waals surface area contributed by atoms with Crippen molar-refractivity contribution in [2.75, 3.05) is 25.1 Å². The molecule has 172 valence electrons. The second kappa shape index (κ2) is 8.34. The third-order valence-corrected chi connectivity index (χ3v) is 6.26. The molecule has 8 heteroatoms. The van der Waals surface area contributed by atoms with Crippen molar-refractivity contribution < 1.29 is 18.7 Å². The Morgan fingerprint density at radius 2 is 2.12 bits per heavy atom. The number of anilines is 1. The third-order valence-electron chi connectivity index (χ3n) is 6.26. The van der Waals surface area contributed by atoms with Crippen LogP contribution in [0.1, 0.15) is 18.4 Å². The van der Waals surface area contributed by atoms with Crippen molar-refractivity contribution in [1.82, 2.24) is 9.97 Å². The van der Waals surface area contributed by atoms with Gasteiger partial charge in [0.05, 0.1) is 12.6 Å². The van der Waals surface area contributed by atoms with Gasteiger partial charge in [-0.3, -0.25) is 0 Å². The second-order valence-electron chi connectivity index (χ2n) is 8.38. The van der Waals surface area contributed by atoms with Crippen molar-refractivity contribution in [3.63, 3.8) is 0 Å². The first-order valence-corrected chi connectivity index (χ1v) is 10.9. The normalized spacial score (nSPS) is 16.1. The lowest BCUT2D eigenvalue weighted by atomic mass is 9.97. The summed E-state index contributed by atoms with van der Waals surface area (Å²) >= 11 is 0. The van der Waals surface area contributed by atoms with E-state index in [9.17, 15) is 14.3 Å². The van der Waals surface area contributed by atoms with Gasteiger partial charge in [0.2, 0.25) is 0 Å². The molecule has 1 fully saturated rings. The molecule has 5 rings (SSSR count). The van der Waals surface area contributed by atoms with Crippen molar-refractivity contribution in [1.29, 1.82) is 0 Å². The number of hydrogen-bond acceptors (Lipinski definition) is 7. The van der Waals surface area contributed by atoms with Crippen LogP contribution in [0, 0.1) is 31.0 Å². The molecule has 0 aliphatic carbocycles. The highest BCUT2D eigenvalue weighted by Gasteiger charge is 2.27. The van der Waals surface area contributed by atoms with Gasteiger partial charge in [-0.1, -0.05) is 12.1 Å². The molecular weight excluding hydrogens is 437 g/mol. The first-order chi connectivity index (χ1) is 16.4. The number of hydrogen-bond donors (Lipinski definition) is 1. The van der Waals surface area contributed by atoms with Gasteiger partial charge in [0, 0.05) is 35.5 Å². The Morgan fingerprint density at radius 3 is 2.88 bits per heavy atom. The van der Waals surface area contributed by atoms with Crippen molar-refractivity contribution in [2.24, 2.45) is 5.92 Å². The average Bonchev–Trinajstić information content (AvgIpc) is 2.85. The Kier molecular flexibility index (Phi) is 5.33. The highest BCUT2D eigenvalue weighted by Crippen LogP contribution is 2.38. The van der Waals surface area contributed by atoms with E-state index in [0.29, 0.717) is 35.4 Å². The Hall–Kier alpha value is -4.12. The SMILES string of the molecule is C#CC1CCCN(c2nc(OC)nc3c(C)c(-c4cc(O)cc5cccc(F)c45)oc(=O)c23)C1. The first-order valence-electron chi connectivity index (χ1n) is 10.9. The van der Waals surface area contributed by atoms with Crippen LogP contribution in [0.3, 0.4) is 0 Å². The number of phenols is 1. The number of aromatic hydroxyl groups is 1. The number of aromatic nitrogens is 2. The fourth-order valence-corrected chi connectivity index (χ4v) is 4.64. The zero-order valence-electron chi connectivity index (χ0n) is 18.8. The lowest BCUT2D eigenvalue weighted by molar-refractivity contribution is 0.380. The summed E-state index contributed by atoms with van der Waals surface area (Å²) in [5.74, 6) is 2.77. The number of terminal acetylenes is 1. The number of nitrogens with zero attached hydrogens (tertiary/aromatic N) is 3. The van der Waals surface area contributed by atoms with E-state index < -0.39 is 11.4 Å². The molecule has 1 aliphatic heterocycles. The highest BCUT2D eigenvalue weighted by molar-refractivity contribution is 6.00. The number of piperidine rings is 1. The van der Waals surface area contributed by atoms with Crippen LogP contribution in [0.5, 0.6) is 11.8 Å². The summed E-state index contributed by atoms with van der Waals surface area (Å²) in [4.78, 5) is 24.2. The van der Waals surface area contributed by atoms with Crippen LogP contribution in [-0.4, -0.2) is 35.3 Å². The summed E-state index contributed by atoms with van der Waals surface area (Å²) in [6, 6.07) is 7.48. The van der Waals surface area contributed by atoms with Crippen LogP contribution in [0.4, 0.5) is 10.2 Å². The largest absolute Gasteiger partial charge is 0.508 e. The fraction of sp³-hybridized carbons (Fsp3) is 0.269. The van der Waals surface area contributed by atoms with E-state index in [1.807, 2.05) is 4.90 Å². The fourth-order valence-electron chi connectivity index (χ4n) is 4.64. The number of halogens is 1. The van der Waals surface area contributed by atoms with E-state index in [1.165, 1.54) is 25.3 Å². The van der Waals surface area contributed by atoms with Crippen molar-refractivity contribution in [3.05, 3.63) is 52.1 Å². The van der Waals surface area contributed by atoms with Gasteiger partial charge in [0.25, 0.3) is 0 Å². The molecule has 0 radical (unpaired) electrons. The Bertz CT molecular complexity index is 1540. The van der Waals surface area contributed by atoms with Gasteiger partial charge >= 0.3 is 11.6 Å². The maximum atomic E-state index is 14.8. The van der Waals surface area contributed by atoms with Gasteiger partial charge in [0.15, 0.2) is 5.82 Å². The minimum absolute atomic E-state index is 0.0406. The molecule has 7 nitrogen and oxygen atoms in total. The van der Waals surface area contributed by atoms with E-state index in [-0.39, 0.29) is 39.8 Å². The number of rotatable bonds is 3. The van der Waals surface area contributed by atoms with Crippen LogP contribution in [0.15, 0.2) is 39.5 Å². The number of benzene rings is 2. The van der Waals surface area contributed by atoms with Gasteiger partial charge in [-0.15, -0.1) is 12.3 Å². The number of ether oxygens (including phenoxy) is 1. The first kappa shape index (κ1) is 21.7. The van der Waals surface area contributed by atoms with Gasteiger partial charge in [-0.05, 0) is 43.4 Å². The van der Waals surface area contributed by atoms with Crippen LogP contribution < -0.4 is 15.3 Å². The van der Waals surface area contributed by atoms with Gasteiger partial charge < -0.3 is 19.2 Å². The highest BCUT2D eigenvalue weighted by atomic mass is 19.1. The Labute approximate surface area is 194 Å². The Morgan fingerprint density at radius 1 is 1.29 bits per heavy atom. The van der Waals surface area contributed by atoms with Gasteiger partial charge in [0.1, 0.15) is 22.7 Å². The maximum Gasteiger partial charge on any atom is 0.349 e. The minimum Gasteiger partial charge on any atom is -0.508 e. The van der Waals surface area contributed by atoms with E-state index >= 15 is 0 Å². The summed E-state index contributed by atoms with van der Waals surface area (Å²) in [7, 11) is 1.45. The zero-order valence-corrected chi connectivity index (χ0v) is 18.8. The quantitative estimate of drug-likeness (QED) is 0.454. The van der Waals surface area contributed by atoms with Crippen molar-refractivity contribution in [3.8, 4) is 35.4 Å². The van der Waals surface area contributed by atoms with Crippen LogP contribution in [0.2, 0.25) is 0 Å². The molecule has 1 unspecified atom stereocenters. The van der Waals surface area contributed by atoms with Gasteiger partial charge in [-0.25, -0.2) is 9.18 Å². The lowest BCUT2D eigenvalue weighted by Gasteiger charge is -2.31. The molecule has 2 aromatic heterocycles. The molecule has 1 saturated heterocycles. The Balaban J connectivity index is 1.81. The summed E-state index contributed by atoms with van der Waals surface area (Å²) in [6.45, 7) is 2.96. The molecule has 3 heterocycles. The summed E-state index contributed by atoms with van der Waals surface area (Å²) < 4.78 is 25.9. The van der Waals surface area contributed by atoms with E-state index in [2.05, 4.69) is 15.9 Å². The van der Waals surface area contributed by atoms with E-state index in [0.717, 1.165) is 12.8 Å². The molecule has 0 saturated carbocycles. The van der Waals surface area contributed by atoms with Crippen LogP contribution in [-0.2, 0) is 0 Å². The monoisotopic (exact) mass is 459 g/mol. The lowest BCUT2D eigenvalue weighted by Crippen LogP contribution is -2.36. The standard InChI is InChI=1S/C26H22FN3O4/c1-4-15-7-6-10-30(13-15)24-21-22(28-26(29-24)33-3)14(2)23(34-25(21)32)18-12-17(31)11-16-8-5-9-19(27)20(16)18/h1,5,8-9,11-12,15,31H,6-7,10,13H2,2-3H3. The molecule has 4 aromatic rings. The van der Waals surface area contributed by atoms with Crippen molar-refractivity contribution in [2.45, 2.75) is 19.8 Å². The summed E-state index contributed by atoms with van der Waals surface area (Å²) in [6.07, 6.45) is 7.42. The van der Waals surface area contributed by atoms with E-state index in [1.54, 1.807) is 19.1 Å². The van der Waals surface area contributed by atoms with Crippen molar-refractivity contribution >= 4 is 27.5 Å². The number of aryl methyl sites for hydroxylation is 1. The minimum atomic E-state index is -0.663. The molecule has 2 aromatic carbocycles. The topological polar surface area (TPSA) is 88.7 Å². The zero-order chi connectivity index (χ0) is 24.0. The smallest absolute Gasteiger partial charge is 0.349 e. The molecular formula is C26H22FN3O4. The molecule has 34 heavy (non-hydrogen) atoms. The van der Waals surface area contributed by atoms with Crippen LogP contribution >= 0.6 is 0 Å². The maximum absolute atomic E-state index is 14.8. The molecule has 0 bridgehead atoms. The predicted molar refractivity (Wildman–Crippen MR) is 128 cm³/mol. The molecule has 0 amide bonds. The number of fused-ring (bicyclic) bond motifs is 2. The third kappa shape index (κ3) is 3.50. The number of methoxy groups -OCH3 is 1. The summed E-state index contributed by atoms with van der Waals surface area (Å²) in [5, 5.41) is 11.2. The molecule has 1 N–H and O–H groups in total. The summed E-state index contributed by atoms with van der Waals surface area (Å²) in [5.41, 5.74) is 0.430. The number of phenolic OH excluding ortho intramolecular Hbond substituents is 1. The average molecular weight is 459 g/mol. The molecule has 1 aliphatic rings. The molecule has 1 atom stereocenters. The van der Waals surface area contributed by atoms with E-state index in [4.69, 9.17) is 15.6 Å². The predicted octanol–water partition coefficient (Wildman–Crippen LogP) is 4.41. The van der Waals surface area contributed by atoms with Gasteiger partial charge in [-0.2, -0.15) is 9.97 Å². The molecule has 0 spiro atoms.